The average Bonchev–Trinajstić information content (AvgIpc) is 2.45. The number of nitrogens with one attached hydrogen (secondary N) is 1. The minimum Gasteiger partial charge on any atom is -0.496 e. The quantitative estimate of drug-likeness (QED) is 0.829. The molecule has 2 rings (SSSR count). The molecule has 1 N–H and O–H groups in total. The van der Waals surface area contributed by atoms with Gasteiger partial charge >= 0.3 is 0 Å². The fraction of sp³-hybridized carbons (Fsp3) is 0.188. The Hall–Kier alpha value is -1.52. The summed E-state index contributed by atoms with van der Waals surface area (Å²) in [5, 5.41) is 3.46. The monoisotopic (exact) mass is 367 g/mol. The number of halogens is 2. The Labute approximate surface area is 137 Å². The number of aryl methyl sites for hydroxylation is 1. The maximum Gasteiger partial charge on any atom is 0.255 e. The lowest BCUT2D eigenvalue weighted by Crippen LogP contribution is -2.13. The highest BCUT2D eigenvalue weighted by Crippen LogP contribution is 2.30. The molecule has 0 bridgehead atoms. The normalized spacial score (nSPS) is 10.3. The first-order valence-electron chi connectivity index (χ1n) is 6.34. The van der Waals surface area contributed by atoms with Crippen LogP contribution in [-0.4, -0.2) is 13.0 Å². The van der Waals surface area contributed by atoms with E-state index in [9.17, 15) is 4.79 Å². The van der Waals surface area contributed by atoms with Crippen molar-refractivity contribution >= 4 is 39.1 Å². The molecular weight excluding hydrogens is 354 g/mol. The van der Waals surface area contributed by atoms with Gasteiger partial charge in [-0.1, -0.05) is 17.7 Å². The zero-order chi connectivity index (χ0) is 15.6. The van der Waals surface area contributed by atoms with E-state index in [1.54, 1.807) is 25.3 Å². The highest BCUT2D eigenvalue weighted by atomic mass is 79.9. The van der Waals surface area contributed by atoms with Crippen molar-refractivity contribution in [3.05, 3.63) is 56.5 Å². The first-order chi connectivity index (χ1) is 9.93. The fourth-order valence-electron chi connectivity index (χ4n) is 2.11. The molecule has 0 fully saturated rings. The van der Waals surface area contributed by atoms with E-state index < -0.39 is 0 Å². The van der Waals surface area contributed by atoms with Gasteiger partial charge in [0.05, 0.1) is 12.1 Å². The SMILES string of the molecule is COc1c(C)ccc(NC(=O)c2ccc(Cl)c(Br)c2)c1C. The van der Waals surface area contributed by atoms with Gasteiger partial charge < -0.3 is 10.1 Å². The van der Waals surface area contributed by atoms with Crippen LogP contribution in [0.1, 0.15) is 21.5 Å². The Morgan fingerprint density at radius 2 is 1.95 bits per heavy atom. The summed E-state index contributed by atoms with van der Waals surface area (Å²) in [5.41, 5.74) is 3.19. The molecular formula is C16H15BrClNO2. The van der Waals surface area contributed by atoms with Gasteiger partial charge in [-0.2, -0.15) is 0 Å². The molecule has 0 radical (unpaired) electrons. The van der Waals surface area contributed by atoms with Crippen LogP contribution >= 0.6 is 27.5 Å². The molecule has 2 aromatic carbocycles. The van der Waals surface area contributed by atoms with Crippen LogP contribution in [0.3, 0.4) is 0 Å². The highest BCUT2D eigenvalue weighted by molar-refractivity contribution is 9.10. The second-order valence-electron chi connectivity index (χ2n) is 4.67. The lowest BCUT2D eigenvalue weighted by atomic mass is 10.1. The van der Waals surface area contributed by atoms with Crippen LogP contribution in [-0.2, 0) is 0 Å². The number of hydrogen-bond acceptors (Lipinski definition) is 2. The molecule has 0 aromatic heterocycles. The topological polar surface area (TPSA) is 38.3 Å². The lowest BCUT2D eigenvalue weighted by Gasteiger charge is -2.14. The molecule has 0 spiro atoms. The van der Waals surface area contributed by atoms with E-state index in [-0.39, 0.29) is 5.91 Å². The number of methoxy groups -OCH3 is 1. The summed E-state index contributed by atoms with van der Waals surface area (Å²) in [6.45, 7) is 3.88. The largest absolute Gasteiger partial charge is 0.496 e. The maximum atomic E-state index is 12.3. The third kappa shape index (κ3) is 3.39. The molecule has 3 nitrogen and oxygen atoms in total. The van der Waals surface area contributed by atoms with Crippen molar-refractivity contribution in [2.75, 3.05) is 12.4 Å². The number of carbonyl (C=O) groups is 1. The van der Waals surface area contributed by atoms with Crippen molar-refractivity contribution in [1.29, 1.82) is 0 Å². The molecule has 0 saturated heterocycles. The first kappa shape index (κ1) is 15.9. The average molecular weight is 369 g/mol. The van der Waals surface area contributed by atoms with E-state index in [4.69, 9.17) is 16.3 Å². The van der Waals surface area contributed by atoms with Crippen LogP contribution in [0.5, 0.6) is 5.75 Å². The summed E-state index contributed by atoms with van der Waals surface area (Å²) >= 11 is 9.25. The molecule has 5 heteroatoms. The van der Waals surface area contributed by atoms with Gasteiger partial charge in [0.1, 0.15) is 5.75 Å². The van der Waals surface area contributed by atoms with Gasteiger partial charge in [0.15, 0.2) is 0 Å². The second-order valence-corrected chi connectivity index (χ2v) is 5.93. The number of amides is 1. The number of rotatable bonds is 3. The molecule has 0 saturated carbocycles. The van der Waals surface area contributed by atoms with E-state index in [0.717, 1.165) is 22.6 Å². The molecule has 0 heterocycles. The molecule has 0 unspecified atom stereocenters. The van der Waals surface area contributed by atoms with Gasteiger partial charge in [-0.15, -0.1) is 0 Å². The highest BCUT2D eigenvalue weighted by Gasteiger charge is 2.12. The summed E-state index contributed by atoms with van der Waals surface area (Å²) in [6.07, 6.45) is 0. The van der Waals surface area contributed by atoms with Crippen LogP contribution in [0.4, 0.5) is 5.69 Å². The third-order valence-electron chi connectivity index (χ3n) is 3.24. The smallest absolute Gasteiger partial charge is 0.255 e. The summed E-state index contributed by atoms with van der Waals surface area (Å²) in [7, 11) is 1.62. The predicted molar refractivity (Wildman–Crippen MR) is 89.6 cm³/mol. The molecule has 21 heavy (non-hydrogen) atoms. The maximum absolute atomic E-state index is 12.3. The molecule has 1 amide bonds. The summed E-state index contributed by atoms with van der Waals surface area (Å²) in [6, 6.07) is 8.85. The third-order valence-corrected chi connectivity index (χ3v) is 4.45. The van der Waals surface area contributed by atoms with E-state index in [0.29, 0.717) is 15.1 Å². The van der Waals surface area contributed by atoms with Gasteiger partial charge in [-0.25, -0.2) is 0 Å². The zero-order valence-corrected chi connectivity index (χ0v) is 14.3. The summed E-state index contributed by atoms with van der Waals surface area (Å²) in [4.78, 5) is 12.3. The van der Waals surface area contributed by atoms with Crippen LogP contribution in [0.15, 0.2) is 34.8 Å². The minimum atomic E-state index is -0.193. The van der Waals surface area contributed by atoms with Crippen LogP contribution < -0.4 is 10.1 Å². The van der Waals surface area contributed by atoms with E-state index in [2.05, 4.69) is 21.2 Å². The number of ether oxygens (including phenoxy) is 1. The first-order valence-corrected chi connectivity index (χ1v) is 7.51. The lowest BCUT2D eigenvalue weighted by molar-refractivity contribution is 0.102. The standard InChI is InChI=1S/C16H15BrClNO2/c1-9-4-7-14(10(2)15(9)21-3)19-16(20)11-5-6-13(18)12(17)8-11/h4-8H,1-3H3,(H,19,20). The van der Waals surface area contributed by atoms with E-state index in [1.165, 1.54) is 0 Å². The van der Waals surface area contributed by atoms with Crippen LogP contribution in [0.2, 0.25) is 5.02 Å². The fourth-order valence-corrected chi connectivity index (χ4v) is 2.60. The summed E-state index contributed by atoms with van der Waals surface area (Å²) < 4.78 is 6.05. The molecule has 2 aromatic rings. The van der Waals surface area contributed by atoms with E-state index >= 15 is 0 Å². The van der Waals surface area contributed by atoms with Crippen LogP contribution in [0.25, 0.3) is 0 Å². The Morgan fingerprint density at radius 1 is 1.24 bits per heavy atom. The number of hydrogen-bond donors (Lipinski definition) is 1. The predicted octanol–water partition coefficient (Wildman–Crippen LogP) is 4.98. The Kier molecular flexibility index (Phi) is 4.91. The van der Waals surface area contributed by atoms with Crippen molar-refractivity contribution in [2.45, 2.75) is 13.8 Å². The molecule has 0 atom stereocenters. The van der Waals surface area contributed by atoms with Gasteiger partial charge in [-0.3, -0.25) is 4.79 Å². The van der Waals surface area contributed by atoms with E-state index in [1.807, 2.05) is 26.0 Å². The molecule has 0 aliphatic carbocycles. The minimum absolute atomic E-state index is 0.193. The Balaban J connectivity index is 2.29. The van der Waals surface area contributed by atoms with Crippen molar-refractivity contribution in [1.82, 2.24) is 0 Å². The molecule has 0 aliphatic heterocycles. The van der Waals surface area contributed by atoms with Gasteiger partial charge in [-0.05, 0) is 59.6 Å². The van der Waals surface area contributed by atoms with Crippen molar-refractivity contribution in [2.24, 2.45) is 0 Å². The van der Waals surface area contributed by atoms with Gasteiger partial charge in [0.25, 0.3) is 5.91 Å². The number of benzene rings is 2. The summed E-state index contributed by atoms with van der Waals surface area (Å²) in [5.74, 6) is 0.589. The second kappa shape index (κ2) is 6.50. The zero-order valence-electron chi connectivity index (χ0n) is 12.0. The van der Waals surface area contributed by atoms with Gasteiger partial charge in [0, 0.05) is 21.3 Å². The van der Waals surface area contributed by atoms with Crippen LogP contribution in [0, 0.1) is 13.8 Å². The molecule has 110 valence electrons. The Morgan fingerprint density at radius 3 is 2.57 bits per heavy atom. The van der Waals surface area contributed by atoms with Crippen molar-refractivity contribution in [3.63, 3.8) is 0 Å². The van der Waals surface area contributed by atoms with Crippen molar-refractivity contribution < 1.29 is 9.53 Å². The van der Waals surface area contributed by atoms with Crippen molar-refractivity contribution in [3.8, 4) is 5.75 Å². The molecule has 0 aliphatic rings. The number of anilines is 1. The number of carbonyl (C=O) groups excluding carboxylic acids is 1. The Bertz CT molecular complexity index is 701. The van der Waals surface area contributed by atoms with Gasteiger partial charge in [0.2, 0.25) is 0 Å².